The molecule has 0 spiro atoms. The molecule has 1 aliphatic rings. The molecule has 31 heavy (non-hydrogen) atoms. The molecular formula is C23H26FN5O2. The molecule has 0 radical (unpaired) electrons. The fraction of sp³-hybridized carbons (Fsp3) is 0.348. The Labute approximate surface area is 181 Å². The minimum Gasteiger partial charge on any atom is -0.375 e. The van der Waals surface area contributed by atoms with Crippen LogP contribution in [0.25, 0.3) is 11.4 Å². The van der Waals surface area contributed by atoms with Crippen LogP contribution < -0.4 is 4.90 Å². The Morgan fingerprint density at radius 3 is 2.45 bits per heavy atom. The van der Waals surface area contributed by atoms with Crippen molar-refractivity contribution in [3.63, 3.8) is 0 Å². The maximum atomic E-state index is 14.2. The zero-order valence-electron chi connectivity index (χ0n) is 18.0. The molecule has 2 aromatic carbocycles. The van der Waals surface area contributed by atoms with E-state index in [1.165, 1.54) is 11.6 Å². The Balaban J connectivity index is 1.33. The predicted molar refractivity (Wildman–Crippen MR) is 116 cm³/mol. The van der Waals surface area contributed by atoms with Crippen LogP contribution in [0.5, 0.6) is 0 Å². The van der Waals surface area contributed by atoms with E-state index in [9.17, 15) is 9.18 Å². The van der Waals surface area contributed by atoms with Gasteiger partial charge in [0.25, 0.3) is 5.91 Å². The van der Waals surface area contributed by atoms with Crippen molar-refractivity contribution >= 4 is 11.6 Å². The molecule has 1 saturated heterocycles. The van der Waals surface area contributed by atoms with Gasteiger partial charge in [-0.2, -0.15) is 4.98 Å². The topological polar surface area (TPSA) is 65.7 Å². The number of amides is 1. The highest BCUT2D eigenvalue weighted by Gasteiger charge is 2.24. The van der Waals surface area contributed by atoms with Crippen molar-refractivity contribution in [1.82, 2.24) is 19.9 Å². The van der Waals surface area contributed by atoms with Gasteiger partial charge in [0.05, 0.1) is 12.2 Å². The second-order valence-corrected chi connectivity index (χ2v) is 8.01. The van der Waals surface area contributed by atoms with Crippen molar-refractivity contribution in [2.45, 2.75) is 13.5 Å². The first-order chi connectivity index (χ1) is 14.9. The van der Waals surface area contributed by atoms with Gasteiger partial charge in [-0.1, -0.05) is 35.0 Å². The van der Waals surface area contributed by atoms with Crippen molar-refractivity contribution in [1.29, 1.82) is 0 Å². The summed E-state index contributed by atoms with van der Waals surface area (Å²) in [6.07, 6.45) is 0. The first kappa shape index (κ1) is 21.0. The Morgan fingerprint density at radius 1 is 1.10 bits per heavy atom. The van der Waals surface area contributed by atoms with Crippen LogP contribution in [0.2, 0.25) is 0 Å². The maximum Gasteiger partial charge on any atom is 0.254 e. The number of anilines is 1. The second kappa shape index (κ2) is 8.85. The van der Waals surface area contributed by atoms with Gasteiger partial charge in [0.2, 0.25) is 11.7 Å². The number of carbonyl (C=O) groups excluding carboxylic acids is 1. The Kier molecular flexibility index (Phi) is 5.99. The average Bonchev–Trinajstić information content (AvgIpc) is 3.22. The van der Waals surface area contributed by atoms with Gasteiger partial charge in [0.1, 0.15) is 5.82 Å². The number of rotatable bonds is 5. The zero-order valence-corrected chi connectivity index (χ0v) is 18.0. The maximum absolute atomic E-state index is 14.2. The summed E-state index contributed by atoms with van der Waals surface area (Å²) in [6.45, 7) is 5.07. The summed E-state index contributed by atoms with van der Waals surface area (Å²) in [7, 11) is 3.54. The third kappa shape index (κ3) is 4.74. The minimum atomic E-state index is -0.393. The highest BCUT2D eigenvalue weighted by Crippen LogP contribution is 2.20. The van der Waals surface area contributed by atoms with E-state index in [1.807, 2.05) is 31.2 Å². The van der Waals surface area contributed by atoms with Gasteiger partial charge in [-0.15, -0.1) is 0 Å². The number of hydrogen-bond donors (Lipinski definition) is 0. The molecular weight excluding hydrogens is 397 g/mol. The highest BCUT2D eigenvalue weighted by molar-refractivity contribution is 5.94. The number of aryl methyl sites for hydroxylation is 1. The van der Waals surface area contributed by atoms with E-state index in [2.05, 4.69) is 15.0 Å². The summed E-state index contributed by atoms with van der Waals surface area (Å²) in [4.78, 5) is 22.9. The van der Waals surface area contributed by atoms with Crippen LogP contribution in [0.15, 0.2) is 47.0 Å². The molecule has 2 heterocycles. The summed E-state index contributed by atoms with van der Waals surface area (Å²) in [6, 6.07) is 12.6. The van der Waals surface area contributed by atoms with Crippen molar-refractivity contribution in [2.75, 3.05) is 45.2 Å². The number of hydrogen-bond acceptors (Lipinski definition) is 6. The van der Waals surface area contributed by atoms with Crippen LogP contribution >= 0.6 is 0 Å². The summed E-state index contributed by atoms with van der Waals surface area (Å²) >= 11 is 0. The monoisotopic (exact) mass is 423 g/mol. The van der Waals surface area contributed by atoms with Gasteiger partial charge in [0, 0.05) is 51.4 Å². The Hall–Kier alpha value is -3.26. The van der Waals surface area contributed by atoms with E-state index >= 15 is 0 Å². The lowest BCUT2D eigenvalue weighted by atomic mass is 10.1. The van der Waals surface area contributed by atoms with Gasteiger partial charge in [0.15, 0.2) is 0 Å². The van der Waals surface area contributed by atoms with E-state index in [4.69, 9.17) is 4.52 Å². The van der Waals surface area contributed by atoms with Crippen LogP contribution in [0.4, 0.5) is 10.1 Å². The van der Waals surface area contributed by atoms with Crippen molar-refractivity contribution in [3.8, 4) is 11.4 Å². The van der Waals surface area contributed by atoms with E-state index in [-0.39, 0.29) is 5.91 Å². The fourth-order valence-electron chi connectivity index (χ4n) is 3.62. The minimum absolute atomic E-state index is 0.150. The van der Waals surface area contributed by atoms with E-state index in [1.54, 1.807) is 36.0 Å². The van der Waals surface area contributed by atoms with Crippen molar-refractivity contribution in [2.24, 2.45) is 0 Å². The normalized spacial score (nSPS) is 14.6. The molecule has 0 saturated carbocycles. The number of benzene rings is 2. The van der Waals surface area contributed by atoms with Gasteiger partial charge >= 0.3 is 0 Å². The summed E-state index contributed by atoms with van der Waals surface area (Å²) in [5.74, 6) is 0.585. The summed E-state index contributed by atoms with van der Waals surface area (Å²) in [5.41, 5.74) is 2.93. The molecule has 0 atom stereocenters. The zero-order chi connectivity index (χ0) is 22.0. The van der Waals surface area contributed by atoms with Crippen LogP contribution in [0, 0.1) is 12.7 Å². The van der Waals surface area contributed by atoms with E-state index < -0.39 is 5.82 Å². The van der Waals surface area contributed by atoms with Gasteiger partial charge in [-0.05, 0) is 25.1 Å². The lowest BCUT2D eigenvalue weighted by Crippen LogP contribution is -2.48. The predicted octanol–water partition coefficient (Wildman–Crippen LogP) is 3.21. The average molecular weight is 423 g/mol. The first-order valence-electron chi connectivity index (χ1n) is 10.3. The number of aromatic nitrogens is 2. The second-order valence-electron chi connectivity index (χ2n) is 8.01. The highest BCUT2D eigenvalue weighted by atomic mass is 19.1. The van der Waals surface area contributed by atoms with E-state index in [0.29, 0.717) is 55.7 Å². The van der Waals surface area contributed by atoms with Crippen LogP contribution in [0.3, 0.4) is 0 Å². The summed E-state index contributed by atoms with van der Waals surface area (Å²) in [5, 5.41) is 4.08. The Bertz CT molecular complexity index is 1060. The molecule has 162 valence electrons. The number of piperazine rings is 1. The first-order valence-corrected chi connectivity index (χ1v) is 10.3. The molecule has 0 bridgehead atoms. The SMILES string of the molecule is Cc1ccc(-c2noc(CN3CCN(C(=O)c4ccc(N(C)C)c(F)c4)CC3)n2)cc1. The molecule has 0 N–H and O–H groups in total. The van der Waals surface area contributed by atoms with Crippen LogP contribution in [-0.2, 0) is 6.54 Å². The molecule has 1 amide bonds. The van der Waals surface area contributed by atoms with Gasteiger partial charge in [-0.3, -0.25) is 9.69 Å². The third-order valence-electron chi connectivity index (χ3n) is 5.47. The van der Waals surface area contributed by atoms with Crippen LogP contribution in [0.1, 0.15) is 21.8 Å². The quantitative estimate of drug-likeness (QED) is 0.628. The molecule has 1 fully saturated rings. The molecule has 1 aliphatic heterocycles. The van der Waals surface area contributed by atoms with Crippen LogP contribution in [-0.4, -0.2) is 66.1 Å². The standard InChI is InChI=1S/C23H26FN5O2/c1-16-4-6-17(7-5-16)22-25-21(31-26-22)15-28-10-12-29(13-11-28)23(30)18-8-9-20(27(2)3)19(24)14-18/h4-9,14H,10-13,15H2,1-3H3. The number of carbonyl (C=O) groups is 1. The molecule has 0 unspecified atom stereocenters. The molecule has 0 aliphatic carbocycles. The number of nitrogens with zero attached hydrogens (tertiary/aromatic N) is 5. The number of halogens is 1. The lowest BCUT2D eigenvalue weighted by molar-refractivity contribution is 0.0614. The van der Waals surface area contributed by atoms with Gasteiger partial charge < -0.3 is 14.3 Å². The molecule has 7 nitrogen and oxygen atoms in total. The van der Waals surface area contributed by atoms with Crippen molar-refractivity contribution < 1.29 is 13.7 Å². The van der Waals surface area contributed by atoms with Crippen molar-refractivity contribution in [3.05, 3.63) is 65.3 Å². The van der Waals surface area contributed by atoms with E-state index in [0.717, 1.165) is 5.56 Å². The molecule has 3 aromatic rings. The fourth-order valence-corrected chi connectivity index (χ4v) is 3.62. The third-order valence-corrected chi connectivity index (χ3v) is 5.47. The van der Waals surface area contributed by atoms with Gasteiger partial charge in [-0.25, -0.2) is 4.39 Å². The summed E-state index contributed by atoms with van der Waals surface area (Å²) < 4.78 is 19.6. The molecule has 1 aromatic heterocycles. The smallest absolute Gasteiger partial charge is 0.254 e. The largest absolute Gasteiger partial charge is 0.375 e. The lowest BCUT2D eigenvalue weighted by Gasteiger charge is -2.34. The molecule has 8 heteroatoms. The molecule has 4 rings (SSSR count). The Morgan fingerprint density at radius 2 is 1.81 bits per heavy atom.